The lowest BCUT2D eigenvalue weighted by Gasteiger charge is -2.31. The van der Waals surface area contributed by atoms with E-state index in [0.717, 1.165) is 24.8 Å². The number of hydrogen-bond donors (Lipinski definition) is 2. The van der Waals surface area contributed by atoms with Crippen LogP contribution in [0.15, 0.2) is 35.3 Å². The molecular weight excluding hydrogens is 276 g/mol. The minimum atomic E-state index is 0.0306. The highest BCUT2D eigenvalue weighted by molar-refractivity contribution is 5.79. The van der Waals surface area contributed by atoms with Crippen LogP contribution in [0.2, 0.25) is 0 Å². The Kier molecular flexibility index (Phi) is 7.74. The molecule has 0 radical (unpaired) electrons. The van der Waals surface area contributed by atoms with Gasteiger partial charge in [-0.1, -0.05) is 18.2 Å². The molecule has 0 saturated carbocycles. The van der Waals surface area contributed by atoms with Crippen LogP contribution in [0.5, 0.6) is 5.75 Å². The first kappa shape index (κ1) is 18.3. The fourth-order valence-electron chi connectivity index (χ4n) is 1.61. The van der Waals surface area contributed by atoms with Gasteiger partial charge in [0.1, 0.15) is 12.4 Å². The van der Waals surface area contributed by atoms with Gasteiger partial charge in [0.05, 0.1) is 13.1 Å². The lowest BCUT2D eigenvalue weighted by Crippen LogP contribution is -2.44. The van der Waals surface area contributed by atoms with Crippen molar-refractivity contribution in [3.63, 3.8) is 0 Å². The number of para-hydroxylation sites is 1. The zero-order chi connectivity index (χ0) is 16.4. The molecule has 0 spiro atoms. The maximum absolute atomic E-state index is 5.66. The summed E-state index contributed by atoms with van der Waals surface area (Å²) >= 11 is 0. The average Bonchev–Trinajstić information content (AvgIpc) is 2.50. The number of ether oxygens (including phenoxy) is 1. The number of hydrogen-bond acceptors (Lipinski definition) is 3. The van der Waals surface area contributed by atoms with E-state index in [1.54, 1.807) is 0 Å². The maximum Gasteiger partial charge on any atom is 0.191 e. The fraction of sp³-hybridized carbons (Fsp3) is 0.588. The third-order valence-electron chi connectivity index (χ3n) is 3.59. The monoisotopic (exact) mass is 306 g/mol. The van der Waals surface area contributed by atoms with Crippen molar-refractivity contribution in [1.29, 1.82) is 0 Å². The van der Waals surface area contributed by atoms with Crippen molar-refractivity contribution in [2.75, 3.05) is 40.3 Å². The summed E-state index contributed by atoms with van der Waals surface area (Å²) in [6.45, 7) is 9.31. The summed E-state index contributed by atoms with van der Waals surface area (Å²) in [4.78, 5) is 6.83. The molecule has 1 aromatic carbocycles. The highest BCUT2D eigenvalue weighted by Crippen LogP contribution is 2.10. The molecule has 0 aliphatic rings. The topological polar surface area (TPSA) is 48.9 Å². The van der Waals surface area contributed by atoms with Crippen LogP contribution in [0, 0.1) is 0 Å². The number of rotatable bonds is 8. The van der Waals surface area contributed by atoms with Gasteiger partial charge in [-0.3, -0.25) is 4.99 Å². The predicted molar refractivity (Wildman–Crippen MR) is 93.7 cm³/mol. The van der Waals surface area contributed by atoms with Crippen molar-refractivity contribution in [3.05, 3.63) is 30.3 Å². The summed E-state index contributed by atoms with van der Waals surface area (Å²) in [7, 11) is 4.15. The van der Waals surface area contributed by atoms with Crippen LogP contribution in [0.1, 0.15) is 20.8 Å². The van der Waals surface area contributed by atoms with Gasteiger partial charge in [-0.15, -0.1) is 0 Å². The number of guanidine groups is 1. The molecule has 0 unspecified atom stereocenters. The van der Waals surface area contributed by atoms with Crippen molar-refractivity contribution in [1.82, 2.24) is 15.5 Å². The molecule has 2 N–H and O–H groups in total. The van der Waals surface area contributed by atoms with E-state index in [0.29, 0.717) is 13.2 Å². The Hall–Kier alpha value is -1.75. The second kappa shape index (κ2) is 9.30. The summed E-state index contributed by atoms with van der Waals surface area (Å²) in [5.41, 5.74) is 0.0306. The Morgan fingerprint density at radius 3 is 2.45 bits per heavy atom. The molecule has 5 heteroatoms. The van der Waals surface area contributed by atoms with E-state index in [1.165, 1.54) is 0 Å². The molecular formula is C17H30N4O. The number of aliphatic imine (C=N–C) groups is 1. The lowest BCUT2D eigenvalue weighted by atomic mass is 10.1. The lowest BCUT2D eigenvalue weighted by molar-refractivity contribution is 0.204. The Morgan fingerprint density at radius 2 is 1.86 bits per heavy atom. The Balaban J connectivity index is 2.40. The van der Waals surface area contributed by atoms with Gasteiger partial charge in [0, 0.05) is 12.1 Å². The summed E-state index contributed by atoms with van der Waals surface area (Å²) in [6.07, 6.45) is 0. The molecule has 0 aromatic heterocycles. The summed E-state index contributed by atoms with van der Waals surface area (Å²) in [5.74, 6) is 1.72. The molecule has 1 rings (SSSR count). The van der Waals surface area contributed by atoms with Crippen LogP contribution < -0.4 is 15.4 Å². The summed E-state index contributed by atoms with van der Waals surface area (Å²) < 4.78 is 5.66. The van der Waals surface area contributed by atoms with Crippen molar-refractivity contribution >= 4 is 5.96 Å². The van der Waals surface area contributed by atoms with Gasteiger partial charge >= 0.3 is 0 Å². The van der Waals surface area contributed by atoms with Gasteiger partial charge in [-0.25, -0.2) is 0 Å². The third kappa shape index (κ3) is 6.80. The first-order valence-electron chi connectivity index (χ1n) is 7.83. The van der Waals surface area contributed by atoms with Gasteiger partial charge in [-0.05, 0) is 47.0 Å². The molecule has 0 aliphatic heterocycles. The van der Waals surface area contributed by atoms with Gasteiger partial charge < -0.3 is 20.3 Å². The van der Waals surface area contributed by atoms with Crippen LogP contribution in [-0.2, 0) is 0 Å². The van der Waals surface area contributed by atoms with E-state index in [2.05, 4.69) is 55.4 Å². The molecule has 0 bridgehead atoms. The molecule has 0 atom stereocenters. The van der Waals surface area contributed by atoms with Crippen LogP contribution in [-0.4, -0.2) is 56.7 Å². The molecule has 0 saturated heterocycles. The van der Waals surface area contributed by atoms with Crippen LogP contribution in [0.3, 0.4) is 0 Å². The number of likely N-dealkylation sites (N-methyl/N-ethyl adjacent to an activating group) is 1. The number of benzene rings is 1. The second-order valence-electron chi connectivity index (χ2n) is 5.99. The summed E-state index contributed by atoms with van der Waals surface area (Å²) in [5, 5.41) is 6.56. The highest BCUT2D eigenvalue weighted by Gasteiger charge is 2.19. The Bertz CT molecular complexity index is 443. The second-order valence-corrected chi connectivity index (χ2v) is 5.99. The summed E-state index contributed by atoms with van der Waals surface area (Å²) in [6, 6.07) is 9.83. The smallest absolute Gasteiger partial charge is 0.191 e. The van der Waals surface area contributed by atoms with Crippen LogP contribution >= 0.6 is 0 Å². The van der Waals surface area contributed by atoms with Crippen molar-refractivity contribution in [2.45, 2.75) is 26.3 Å². The molecule has 0 heterocycles. The zero-order valence-corrected chi connectivity index (χ0v) is 14.5. The normalized spacial score (nSPS) is 12.4. The van der Waals surface area contributed by atoms with E-state index in [9.17, 15) is 0 Å². The molecule has 0 amide bonds. The molecule has 22 heavy (non-hydrogen) atoms. The standard InChI is InChI=1S/C17H30N4O/c1-6-18-16(20-14-17(2,3)21(4)5)19-12-13-22-15-10-8-7-9-11-15/h7-11H,6,12-14H2,1-5H3,(H2,18,19,20). The van der Waals surface area contributed by atoms with E-state index in [4.69, 9.17) is 4.74 Å². The fourth-order valence-corrected chi connectivity index (χ4v) is 1.61. The quantitative estimate of drug-likeness (QED) is 0.438. The van der Waals surface area contributed by atoms with Crippen LogP contribution in [0.25, 0.3) is 0 Å². The Labute approximate surface area is 134 Å². The predicted octanol–water partition coefficient (Wildman–Crippen LogP) is 1.96. The van der Waals surface area contributed by atoms with Gasteiger partial charge in [-0.2, -0.15) is 0 Å². The minimum Gasteiger partial charge on any atom is -0.492 e. The largest absolute Gasteiger partial charge is 0.492 e. The maximum atomic E-state index is 5.66. The van der Waals surface area contributed by atoms with Gasteiger partial charge in [0.15, 0.2) is 5.96 Å². The minimum absolute atomic E-state index is 0.0306. The van der Waals surface area contributed by atoms with Crippen molar-refractivity contribution < 1.29 is 4.74 Å². The molecule has 1 aromatic rings. The highest BCUT2D eigenvalue weighted by atomic mass is 16.5. The number of nitrogens with one attached hydrogen (secondary N) is 2. The van der Waals surface area contributed by atoms with E-state index in [-0.39, 0.29) is 5.54 Å². The average molecular weight is 306 g/mol. The SMILES string of the molecule is CCNC(=NCC(C)(C)N(C)C)NCCOc1ccccc1. The molecule has 5 nitrogen and oxygen atoms in total. The van der Waals surface area contributed by atoms with E-state index in [1.807, 2.05) is 30.3 Å². The first-order valence-corrected chi connectivity index (χ1v) is 7.83. The number of nitrogens with zero attached hydrogens (tertiary/aromatic N) is 2. The molecule has 0 aliphatic carbocycles. The first-order chi connectivity index (χ1) is 10.5. The third-order valence-corrected chi connectivity index (χ3v) is 3.59. The van der Waals surface area contributed by atoms with Crippen molar-refractivity contribution in [3.8, 4) is 5.75 Å². The Morgan fingerprint density at radius 1 is 1.18 bits per heavy atom. The van der Waals surface area contributed by atoms with Gasteiger partial charge in [0.25, 0.3) is 0 Å². The zero-order valence-electron chi connectivity index (χ0n) is 14.5. The van der Waals surface area contributed by atoms with Gasteiger partial charge in [0.2, 0.25) is 0 Å². The molecule has 124 valence electrons. The molecule has 0 fully saturated rings. The van der Waals surface area contributed by atoms with Crippen LogP contribution in [0.4, 0.5) is 0 Å². The van der Waals surface area contributed by atoms with E-state index >= 15 is 0 Å². The van der Waals surface area contributed by atoms with Crippen molar-refractivity contribution in [2.24, 2.45) is 4.99 Å². The van der Waals surface area contributed by atoms with E-state index < -0.39 is 0 Å².